The van der Waals surface area contributed by atoms with E-state index in [0.717, 1.165) is 19.4 Å². The van der Waals surface area contributed by atoms with Gasteiger partial charge in [0.25, 0.3) is 0 Å². The number of sulfone groups is 1. The fourth-order valence-corrected chi connectivity index (χ4v) is 4.74. The number of hydrogen-bond donors (Lipinski definition) is 3. The molecule has 0 spiro atoms. The third-order valence-corrected chi connectivity index (χ3v) is 7.55. The van der Waals surface area contributed by atoms with Gasteiger partial charge >= 0.3 is 0 Å². The maximum Gasteiger partial charge on any atom is 0.165 e. The molecule has 1 rings (SSSR count). The van der Waals surface area contributed by atoms with Gasteiger partial charge in [-0.25, -0.2) is 8.42 Å². The quantitative estimate of drug-likeness (QED) is 0.538. The van der Waals surface area contributed by atoms with Gasteiger partial charge in [0.05, 0.1) is 22.2 Å². The van der Waals surface area contributed by atoms with Gasteiger partial charge in [-0.15, -0.1) is 0 Å². The zero-order chi connectivity index (χ0) is 14.7. The van der Waals surface area contributed by atoms with Crippen LogP contribution in [0, 0.1) is 0 Å². The van der Waals surface area contributed by atoms with Crippen molar-refractivity contribution in [3.8, 4) is 0 Å². The lowest BCUT2D eigenvalue weighted by Crippen LogP contribution is -2.53. The molecule has 1 unspecified atom stereocenters. The topological polar surface area (TPSA) is 86.6 Å². The van der Waals surface area contributed by atoms with Crippen molar-refractivity contribution >= 4 is 9.84 Å². The van der Waals surface area contributed by atoms with Crippen molar-refractivity contribution in [1.82, 2.24) is 5.32 Å². The molecular formula is C13H27NO4S. The average Bonchev–Trinajstić information content (AvgIpc) is 3.14. The molecule has 0 radical (unpaired) electrons. The molecule has 0 bridgehead atoms. The Kier molecular flexibility index (Phi) is 5.40. The molecule has 1 aliphatic carbocycles. The molecule has 0 aliphatic heterocycles. The predicted octanol–water partition coefficient (Wildman–Crippen LogP) is 0.455. The summed E-state index contributed by atoms with van der Waals surface area (Å²) in [4.78, 5) is 0. The third kappa shape index (κ3) is 3.12. The lowest BCUT2D eigenvalue weighted by atomic mass is 10.1. The highest BCUT2D eigenvalue weighted by molar-refractivity contribution is 7.94. The predicted molar refractivity (Wildman–Crippen MR) is 75.8 cm³/mol. The van der Waals surface area contributed by atoms with Gasteiger partial charge in [-0.1, -0.05) is 13.3 Å². The van der Waals surface area contributed by atoms with Crippen LogP contribution in [0.15, 0.2) is 0 Å². The van der Waals surface area contributed by atoms with Crippen LogP contribution in [-0.2, 0) is 9.84 Å². The van der Waals surface area contributed by atoms with E-state index in [1.807, 2.05) is 0 Å². The lowest BCUT2D eigenvalue weighted by Gasteiger charge is -2.33. The minimum absolute atomic E-state index is 0.441. The van der Waals surface area contributed by atoms with Crippen LogP contribution in [0.1, 0.15) is 46.5 Å². The van der Waals surface area contributed by atoms with Gasteiger partial charge in [-0.2, -0.15) is 0 Å². The van der Waals surface area contributed by atoms with Crippen molar-refractivity contribution in [2.75, 3.05) is 19.7 Å². The van der Waals surface area contributed by atoms with Crippen LogP contribution >= 0.6 is 0 Å². The van der Waals surface area contributed by atoms with Crippen molar-refractivity contribution in [3.63, 3.8) is 0 Å². The highest BCUT2D eigenvalue weighted by Gasteiger charge is 2.60. The van der Waals surface area contributed by atoms with E-state index >= 15 is 0 Å². The van der Waals surface area contributed by atoms with Gasteiger partial charge in [0.1, 0.15) is 0 Å². The smallest absolute Gasteiger partial charge is 0.165 e. The van der Waals surface area contributed by atoms with Crippen molar-refractivity contribution < 1.29 is 18.6 Å². The average molecular weight is 293 g/mol. The normalized spacial score (nSPS) is 20.3. The Morgan fingerprint density at radius 3 is 2.37 bits per heavy atom. The summed E-state index contributed by atoms with van der Waals surface area (Å²) < 4.78 is 23.3. The molecule has 114 valence electrons. The summed E-state index contributed by atoms with van der Waals surface area (Å²) in [7, 11) is -3.50. The molecule has 0 aromatic heterocycles. The highest BCUT2D eigenvalue weighted by Crippen LogP contribution is 2.48. The fourth-order valence-electron chi connectivity index (χ4n) is 2.25. The van der Waals surface area contributed by atoms with E-state index in [-0.39, 0.29) is 0 Å². The van der Waals surface area contributed by atoms with Gasteiger partial charge in [0.2, 0.25) is 0 Å². The lowest BCUT2D eigenvalue weighted by molar-refractivity contribution is 0.0686. The first kappa shape index (κ1) is 16.9. The van der Waals surface area contributed by atoms with E-state index < -0.39 is 32.0 Å². The van der Waals surface area contributed by atoms with E-state index in [1.54, 1.807) is 0 Å². The van der Waals surface area contributed by atoms with Crippen LogP contribution in [0.25, 0.3) is 0 Å². The minimum Gasteiger partial charge on any atom is -0.394 e. The second-order valence-corrected chi connectivity index (χ2v) is 8.94. The summed E-state index contributed by atoms with van der Waals surface area (Å²) in [6.45, 7) is 5.80. The fraction of sp³-hybridized carbons (Fsp3) is 1.00. The summed E-state index contributed by atoms with van der Waals surface area (Å²) in [6, 6.07) is 0. The van der Waals surface area contributed by atoms with Gasteiger partial charge in [0.15, 0.2) is 9.84 Å². The number of rotatable bonds is 9. The van der Waals surface area contributed by atoms with Crippen molar-refractivity contribution in [2.45, 2.75) is 62.1 Å². The van der Waals surface area contributed by atoms with Gasteiger partial charge in [0, 0.05) is 6.54 Å². The first-order valence-electron chi connectivity index (χ1n) is 6.99. The summed E-state index contributed by atoms with van der Waals surface area (Å²) >= 11 is 0. The molecule has 5 nitrogen and oxygen atoms in total. The van der Waals surface area contributed by atoms with Crippen LogP contribution in [0.5, 0.6) is 0 Å². The summed E-state index contributed by atoms with van der Waals surface area (Å²) in [5.41, 5.74) is 0. The molecule has 1 fully saturated rings. The SMILES string of the molecule is CCCCNCC1(S(=O)(=O)C(C)(C)C(O)CO)CC1. The molecule has 1 aliphatic rings. The van der Waals surface area contributed by atoms with Crippen LogP contribution in [-0.4, -0.2) is 53.9 Å². The zero-order valence-corrected chi connectivity index (χ0v) is 13.0. The molecule has 0 aromatic rings. The Balaban J connectivity index is 2.76. The van der Waals surface area contributed by atoms with E-state index in [1.165, 1.54) is 13.8 Å². The Hall–Kier alpha value is -0.170. The highest BCUT2D eigenvalue weighted by atomic mass is 32.2. The van der Waals surface area contributed by atoms with Crippen LogP contribution in [0.3, 0.4) is 0 Å². The Morgan fingerprint density at radius 1 is 1.37 bits per heavy atom. The Bertz CT molecular complexity index is 387. The molecule has 1 saturated carbocycles. The molecule has 6 heteroatoms. The van der Waals surface area contributed by atoms with Gasteiger partial charge < -0.3 is 15.5 Å². The third-order valence-electron chi connectivity index (χ3n) is 4.20. The molecular weight excluding hydrogens is 266 g/mol. The summed E-state index contributed by atoms with van der Waals surface area (Å²) in [5.74, 6) is 0. The molecule has 19 heavy (non-hydrogen) atoms. The maximum atomic E-state index is 12.7. The maximum absolute atomic E-state index is 12.7. The number of aliphatic hydroxyl groups excluding tert-OH is 2. The monoisotopic (exact) mass is 293 g/mol. The first-order valence-corrected chi connectivity index (χ1v) is 8.47. The number of aliphatic hydroxyl groups is 2. The second-order valence-electron chi connectivity index (χ2n) is 6.02. The van der Waals surface area contributed by atoms with Crippen molar-refractivity contribution in [1.29, 1.82) is 0 Å². The summed E-state index contributed by atoms with van der Waals surface area (Å²) in [5, 5.41) is 22.0. The van der Waals surface area contributed by atoms with E-state index in [0.29, 0.717) is 19.4 Å². The van der Waals surface area contributed by atoms with Crippen LogP contribution < -0.4 is 5.32 Å². The first-order chi connectivity index (χ1) is 8.75. The summed E-state index contributed by atoms with van der Waals surface area (Å²) in [6.07, 6.45) is 2.12. The molecule has 0 aromatic carbocycles. The van der Waals surface area contributed by atoms with E-state index in [2.05, 4.69) is 12.2 Å². The van der Waals surface area contributed by atoms with E-state index in [4.69, 9.17) is 5.11 Å². The van der Waals surface area contributed by atoms with Crippen molar-refractivity contribution in [2.24, 2.45) is 0 Å². The second kappa shape index (κ2) is 6.08. The van der Waals surface area contributed by atoms with Crippen LogP contribution in [0.2, 0.25) is 0 Å². The number of hydrogen-bond acceptors (Lipinski definition) is 5. The Labute approximate surface area is 116 Å². The van der Waals surface area contributed by atoms with Gasteiger partial charge in [-0.3, -0.25) is 0 Å². The minimum atomic E-state index is -3.50. The standard InChI is InChI=1S/C13H27NO4S/c1-4-5-8-14-10-13(6-7-13)19(17,18)12(2,3)11(16)9-15/h11,14-16H,4-10H2,1-3H3. The van der Waals surface area contributed by atoms with Crippen molar-refractivity contribution in [3.05, 3.63) is 0 Å². The molecule has 3 N–H and O–H groups in total. The van der Waals surface area contributed by atoms with Crippen LogP contribution in [0.4, 0.5) is 0 Å². The number of nitrogens with one attached hydrogen (secondary N) is 1. The van der Waals surface area contributed by atoms with Gasteiger partial charge in [-0.05, 0) is 39.7 Å². The Morgan fingerprint density at radius 2 is 1.95 bits per heavy atom. The zero-order valence-electron chi connectivity index (χ0n) is 12.1. The number of unbranched alkanes of at least 4 members (excludes halogenated alkanes) is 1. The molecule has 0 heterocycles. The van der Waals surface area contributed by atoms with E-state index in [9.17, 15) is 13.5 Å². The largest absolute Gasteiger partial charge is 0.394 e. The molecule has 1 atom stereocenters. The molecule has 0 amide bonds. The molecule has 0 saturated heterocycles.